The van der Waals surface area contributed by atoms with Crippen LogP contribution in [0.2, 0.25) is 0 Å². The fourth-order valence-electron chi connectivity index (χ4n) is 1.45. The molecule has 102 valence electrons. The number of aryl methyl sites for hydroxylation is 1. The normalized spacial score (nSPS) is 13.8. The molecule has 0 saturated heterocycles. The Hall–Kier alpha value is -1.11. The average molecular weight is 272 g/mol. The molecular formula is C12H20N2O3S. The highest BCUT2D eigenvalue weighted by Crippen LogP contribution is 2.20. The maximum Gasteiger partial charge on any atom is 0.242 e. The Morgan fingerprint density at radius 3 is 2.56 bits per heavy atom. The van der Waals surface area contributed by atoms with Gasteiger partial charge in [0, 0.05) is 19.3 Å². The van der Waals surface area contributed by atoms with Crippen molar-refractivity contribution < 1.29 is 13.5 Å². The van der Waals surface area contributed by atoms with Crippen LogP contribution in [0.25, 0.3) is 0 Å². The van der Waals surface area contributed by atoms with Gasteiger partial charge in [-0.25, -0.2) is 12.7 Å². The highest BCUT2D eigenvalue weighted by Gasteiger charge is 2.21. The van der Waals surface area contributed by atoms with Gasteiger partial charge in [-0.1, -0.05) is 6.07 Å². The topological polar surface area (TPSA) is 83.6 Å². The Morgan fingerprint density at radius 2 is 2.06 bits per heavy atom. The van der Waals surface area contributed by atoms with Gasteiger partial charge in [0.2, 0.25) is 10.0 Å². The lowest BCUT2D eigenvalue weighted by atomic mass is 10.2. The molecule has 0 bridgehead atoms. The molecule has 1 rings (SSSR count). The molecule has 3 N–H and O–H groups in total. The van der Waals surface area contributed by atoms with Crippen molar-refractivity contribution in [1.82, 2.24) is 4.31 Å². The van der Waals surface area contributed by atoms with Crippen LogP contribution >= 0.6 is 0 Å². The average Bonchev–Trinajstić information content (AvgIpc) is 2.29. The van der Waals surface area contributed by atoms with Gasteiger partial charge in [0.1, 0.15) is 0 Å². The van der Waals surface area contributed by atoms with Crippen molar-refractivity contribution in [3.05, 3.63) is 23.8 Å². The SMILES string of the molecule is Cc1ccc(S(=O)(=O)N(C)CCC(C)O)cc1N. The summed E-state index contributed by atoms with van der Waals surface area (Å²) in [4.78, 5) is 0.179. The molecule has 0 saturated carbocycles. The van der Waals surface area contributed by atoms with E-state index >= 15 is 0 Å². The monoisotopic (exact) mass is 272 g/mol. The second kappa shape index (κ2) is 5.69. The molecule has 5 nitrogen and oxygen atoms in total. The number of nitrogens with zero attached hydrogens (tertiary/aromatic N) is 1. The number of hydrogen-bond donors (Lipinski definition) is 2. The molecule has 0 aliphatic carbocycles. The van der Waals surface area contributed by atoms with Crippen LogP contribution < -0.4 is 5.73 Å². The third kappa shape index (κ3) is 3.44. The summed E-state index contributed by atoms with van der Waals surface area (Å²) < 4.78 is 25.6. The van der Waals surface area contributed by atoms with E-state index in [9.17, 15) is 13.5 Å². The van der Waals surface area contributed by atoms with Gasteiger partial charge in [-0.2, -0.15) is 0 Å². The van der Waals surface area contributed by atoms with Gasteiger partial charge in [0.05, 0.1) is 11.0 Å². The van der Waals surface area contributed by atoms with E-state index in [0.717, 1.165) is 5.56 Å². The zero-order valence-electron chi connectivity index (χ0n) is 10.9. The van der Waals surface area contributed by atoms with Crippen LogP contribution in [0, 0.1) is 6.92 Å². The number of aliphatic hydroxyl groups is 1. The first-order valence-electron chi connectivity index (χ1n) is 5.75. The fourth-order valence-corrected chi connectivity index (χ4v) is 2.67. The van der Waals surface area contributed by atoms with E-state index in [1.54, 1.807) is 19.1 Å². The van der Waals surface area contributed by atoms with E-state index in [-0.39, 0.29) is 11.4 Å². The van der Waals surface area contributed by atoms with Crippen molar-refractivity contribution in [2.75, 3.05) is 19.3 Å². The minimum absolute atomic E-state index is 0.179. The Morgan fingerprint density at radius 1 is 1.44 bits per heavy atom. The van der Waals surface area contributed by atoms with Gasteiger partial charge in [-0.3, -0.25) is 0 Å². The molecule has 1 aromatic carbocycles. The summed E-state index contributed by atoms with van der Waals surface area (Å²) >= 11 is 0. The zero-order chi connectivity index (χ0) is 13.9. The lowest BCUT2D eigenvalue weighted by molar-refractivity contribution is 0.177. The molecule has 18 heavy (non-hydrogen) atoms. The molecule has 0 radical (unpaired) electrons. The summed E-state index contributed by atoms with van der Waals surface area (Å²) in [6.45, 7) is 3.72. The highest BCUT2D eigenvalue weighted by molar-refractivity contribution is 7.89. The van der Waals surface area contributed by atoms with Crippen molar-refractivity contribution >= 4 is 15.7 Å². The summed E-state index contributed by atoms with van der Waals surface area (Å²) in [6.07, 6.45) is -0.123. The summed E-state index contributed by atoms with van der Waals surface area (Å²) in [5.41, 5.74) is 7.02. The van der Waals surface area contributed by atoms with Crippen molar-refractivity contribution in [1.29, 1.82) is 0 Å². The van der Waals surface area contributed by atoms with Gasteiger partial charge in [0.25, 0.3) is 0 Å². The van der Waals surface area contributed by atoms with Crippen LogP contribution in [-0.2, 0) is 10.0 Å². The number of rotatable bonds is 5. The van der Waals surface area contributed by atoms with E-state index in [1.165, 1.54) is 17.4 Å². The number of hydrogen-bond acceptors (Lipinski definition) is 4. The van der Waals surface area contributed by atoms with Gasteiger partial charge < -0.3 is 10.8 Å². The van der Waals surface area contributed by atoms with E-state index < -0.39 is 16.1 Å². The van der Waals surface area contributed by atoms with E-state index in [1.807, 2.05) is 6.92 Å². The molecule has 1 unspecified atom stereocenters. The summed E-state index contributed by atoms with van der Waals surface area (Å²) in [6, 6.07) is 4.69. The lowest BCUT2D eigenvalue weighted by Gasteiger charge is -2.18. The molecule has 1 aromatic rings. The smallest absolute Gasteiger partial charge is 0.242 e. The predicted molar refractivity (Wildman–Crippen MR) is 71.7 cm³/mol. The largest absolute Gasteiger partial charge is 0.398 e. The molecule has 0 amide bonds. The molecule has 6 heteroatoms. The summed E-state index contributed by atoms with van der Waals surface area (Å²) in [5, 5.41) is 9.18. The maximum atomic E-state index is 12.2. The van der Waals surface area contributed by atoms with Crippen molar-refractivity contribution in [2.24, 2.45) is 0 Å². The van der Waals surface area contributed by atoms with Crippen molar-refractivity contribution in [2.45, 2.75) is 31.3 Å². The first-order valence-corrected chi connectivity index (χ1v) is 7.19. The molecule has 1 atom stereocenters. The zero-order valence-corrected chi connectivity index (χ0v) is 11.7. The molecule has 0 heterocycles. The number of nitrogens with two attached hydrogens (primary N) is 1. The molecular weight excluding hydrogens is 252 g/mol. The van der Waals surface area contributed by atoms with Crippen LogP contribution in [0.4, 0.5) is 5.69 Å². The van der Waals surface area contributed by atoms with Crippen LogP contribution in [0.5, 0.6) is 0 Å². The number of anilines is 1. The molecule has 0 spiro atoms. The predicted octanol–water partition coefficient (Wildman–Crippen LogP) is 0.969. The number of aliphatic hydroxyl groups excluding tert-OH is 1. The van der Waals surface area contributed by atoms with Gasteiger partial charge in [-0.15, -0.1) is 0 Å². The second-order valence-electron chi connectivity index (χ2n) is 4.48. The fraction of sp³-hybridized carbons (Fsp3) is 0.500. The summed E-state index contributed by atoms with van der Waals surface area (Å²) in [7, 11) is -2.04. The Kier molecular flexibility index (Phi) is 4.72. The molecule has 0 aliphatic rings. The third-order valence-electron chi connectivity index (χ3n) is 2.82. The van der Waals surface area contributed by atoms with Crippen LogP contribution in [-0.4, -0.2) is 37.5 Å². The van der Waals surface area contributed by atoms with Gasteiger partial charge >= 0.3 is 0 Å². The van der Waals surface area contributed by atoms with Crippen LogP contribution in [0.15, 0.2) is 23.1 Å². The number of sulfonamides is 1. The minimum atomic E-state index is -3.53. The van der Waals surface area contributed by atoms with Crippen LogP contribution in [0.1, 0.15) is 18.9 Å². The van der Waals surface area contributed by atoms with Gasteiger partial charge in [-0.05, 0) is 38.0 Å². The maximum absolute atomic E-state index is 12.2. The quantitative estimate of drug-likeness (QED) is 0.782. The second-order valence-corrected chi connectivity index (χ2v) is 6.53. The minimum Gasteiger partial charge on any atom is -0.398 e. The Labute approximate surface area is 108 Å². The van der Waals surface area contributed by atoms with Crippen LogP contribution in [0.3, 0.4) is 0 Å². The van der Waals surface area contributed by atoms with Crippen molar-refractivity contribution in [3.8, 4) is 0 Å². The molecule has 0 aromatic heterocycles. The first-order chi connectivity index (χ1) is 8.25. The third-order valence-corrected chi connectivity index (χ3v) is 4.67. The number of benzene rings is 1. The van der Waals surface area contributed by atoms with Gasteiger partial charge in [0.15, 0.2) is 0 Å². The molecule has 0 aliphatic heterocycles. The first kappa shape index (κ1) is 14.9. The summed E-state index contributed by atoms with van der Waals surface area (Å²) in [5.74, 6) is 0. The van der Waals surface area contributed by atoms with E-state index in [2.05, 4.69) is 0 Å². The number of nitrogen functional groups attached to an aromatic ring is 1. The van der Waals surface area contributed by atoms with Crippen molar-refractivity contribution in [3.63, 3.8) is 0 Å². The Bertz CT molecular complexity index is 512. The standard InChI is InChI=1S/C12H20N2O3S/c1-9-4-5-11(8-12(9)13)18(16,17)14(3)7-6-10(2)15/h4-5,8,10,15H,6-7,13H2,1-3H3. The Balaban J connectivity index is 2.95. The highest BCUT2D eigenvalue weighted by atomic mass is 32.2. The molecule has 0 fully saturated rings. The lowest BCUT2D eigenvalue weighted by Crippen LogP contribution is -2.29. The van der Waals surface area contributed by atoms with E-state index in [4.69, 9.17) is 5.73 Å². The van der Waals surface area contributed by atoms with E-state index in [0.29, 0.717) is 12.1 Å².